The summed E-state index contributed by atoms with van der Waals surface area (Å²) in [6.45, 7) is 4.07. The van der Waals surface area contributed by atoms with Gasteiger partial charge in [0.05, 0.1) is 5.69 Å². The zero-order valence-corrected chi connectivity index (χ0v) is 8.95. The maximum Gasteiger partial charge on any atom is 0.330 e. The maximum absolute atomic E-state index is 11.6. The molecule has 1 N–H and O–H groups in total. The van der Waals surface area contributed by atoms with Crippen LogP contribution in [0.5, 0.6) is 0 Å². The molecule has 0 aliphatic rings. The van der Waals surface area contributed by atoms with Crippen LogP contribution in [0.2, 0.25) is 0 Å². The Morgan fingerprint density at radius 3 is 2.53 bits per heavy atom. The van der Waals surface area contributed by atoms with Crippen molar-refractivity contribution in [1.82, 2.24) is 9.55 Å². The van der Waals surface area contributed by atoms with E-state index in [4.69, 9.17) is 0 Å². The fourth-order valence-electron chi connectivity index (χ4n) is 1.64. The largest absolute Gasteiger partial charge is 0.330 e. The second-order valence-electron chi connectivity index (χ2n) is 3.61. The highest BCUT2D eigenvalue weighted by Crippen LogP contribution is 2.10. The summed E-state index contributed by atoms with van der Waals surface area (Å²) in [5, 5.41) is 0. The number of hydrogen-bond donors (Lipinski definition) is 1. The number of aromatic nitrogens is 2. The molecule has 0 amide bonds. The van der Waals surface area contributed by atoms with E-state index in [-0.39, 0.29) is 5.69 Å². The number of hydrogen-bond acceptors (Lipinski definition) is 1. The molecule has 0 saturated carbocycles. The molecule has 0 aliphatic heterocycles. The summed E-state index contributed by atoms with van der Waals surface area (Å²) < 4.78 is 1.71. The minimum atomic E-state index is -0.0734. The molecule has 15 heavy (non-hydrogen) atoms. The molecule has 1 aromatic carbocycles. The summed E-state index contributed by atoms with van der Waals surface area (Å²) in [5.41, 5.74) is 3.05. The third-order valence-electron chi connectivity index (χ3n) is 2.51. The second-order valence-corrected chi connectivity index (χ2v) is 3.61. The van der Waals surface area contributed by atoms with Gasteiger partial charge in [-0.1, -0.05) is 24.6 Å². The van der Waals surface area contributed by atoms with Gasteiger partial charge in [0.15, 0.2) is 0 Å². The highest BCUT2D eigenvalue weighted by Gasteiger charge is 2.05. The van der Waals surface area contributed by atoms with Gasteiger partial charge in [0.1, 0.15) is 0 Å². The van der Waals surface area contributed by atoms with Gasteiger partial charge in [-0.15, -0.1) is 0 Å². The van der Waals surface area contributed by atoms with Crippen LogP contribution in [0.15, 0.2) is 35.3 Å². The third kappa shape index (κ3) is 1.73. The molecule has 0 radical (unpaired) electrons. The van der Waals surface area contributed by atoms with Crippen molar-refractivity contribution in [1.29, 1.82) is 0 Å². The number of H-pyrrole nitrogens is 1. The second kappa shape index (κ2) is 3.77. The van der Waals surface area contributed by atoms with E-state index in [1.165, 1.54) is 5.56 Å². The van der Waals surface area contributed by atoms with Gasteiger partial charge in [-0.05, 0) is 25.5 Å². The normalized spacial score (nSPS) is 10.5. The molecule has 3 nitrogen and oxygen atoms in total. The van der Waals surface area contributed by atoms with Crippen LogP contribution in [0.4, 0.5) is 0 Å². The maximum atomic E-state index is 11.6. The molecule has 0 spiro atoms. The molecule has 1 aromatic heterocycles. The van der Waals surface area contributed by atoms with Crippen LogP contribution >= 0.6 is 0 Å². The Kier molecular flexibility index (Phi) is 2.46. The molecule has 2 aromatic rings. The number of nitrogens with zero attached hydrogens (tertiary/aromatic N) is 1. The predicted octanol–water partition coefficient (Wildman–Crippen LogP) is 2.04. The molecule has 2 rings (SSSR count). The Hall–Kier alpha value is -1.77. The fourth-order valence-corrected chi connectivity index (χ4v) is 1.64. The van der Waals surface area contributed by atoms with Crippen LogP contribution in [0.25, 0.3) is 5.69 Å². The van der Waals surface area contributed by atoms with Crippen molar-refractivity contribution >= 4 is 0 Å². The Morgan fingerprint density at radius 2 is 1.93 bits per heavy atom. The van der Waals surface area contributed by atoms with E-state index in [2.05, 4.69) is 4.98 Å². The van der Waals surface area contributed by atoms with E-state index in [1.54, 1.807) is 10.8 Å². The number of rotatable bonds is 2. The van der Waals surface area contributed by atoms with E-state index < -0.39 is 0 Å². The SMILES string of the molecule is CCc1c[nH]c(=O)n1-c1ccc(C)cc1. The lowest BCUT2D eigenvalue weighted by Crippen LogP contribution is -2.16. The van der Waals surface area contributed by atoms with E-state index in [9.17, 15) is 4.79 Å². The molecule has 0 saturated heterocycles. The van der Waals surface area contributed by atoms with Gasteiger partial charge >= 0.3 is 5.69 Å². The van der Waals surface area contributed by atoms with Gasteiger partial charge in [0.2, 0.25) is 0 Å². The highest BCUT2D eigenvalue weighted by molar-refractivity contribution is 5.35. The third-order valence-corrected chi connectivity index (χ3v) is 2.51. The van der Waals surface area contributed by atoms with Crippen molar-refractivity contribution < 1.29 is 0 Å². The summed E-state index contributed by atoms with van der Waals surface area (Å²) in [7, 11) is 0. The van der Waals surface area contributed by atoms with Crippen molar-refractivity contribution in [3.63, 3.8) is 0 Å². The zero-order valence-electron chi connectivity index (χ0n) is 8.95. The lowest BCUT2D eigenvalue weighted by molar-refractivity contribution is 0.899. The molecule has 0 unspecified atom stereocenters. The van der Waals surface area contributed by atoms with Crippen LogP contribution in [0.1, 0.15) is 18.2 Å². The molecule has 3 heteroatoms. The first-order valence-corrected chi connectivity index (χ1v) is 5.08. The van der Waals surface area contributed by atoms with Gasteiger partial charge < -0.3 is 4.98 Å². The quantitative estimate of drug-likeness (QED) is 0.795. The van der Waals surface area contributed by atoms with E-state index in [0.29, 0.717) is 0 Å². The number of nitrogens with one attached hydrogen (secondary N) is 1. The number of benzene rings is 1. The van der Waals surface area contributed by atoms with Gasteiger partial charge in [0, 0.05) is 11.9 Å². The smallest absolute Gasteiger partial charge is 0.312 e. The Bertz CT molecular complexity index is 505. The molecule has 0 aliphatic carbocycles. The van der Waals surface area contributed by atoms with Crippen molar-refractivity contribution in [2.24, 2.45) is 0 Å². The van der Waals surface area contributed by atoms with Crippen LogP contribution < -0.4 is 5.69 Å². The summed E-state index contributed by atoms with van der Waals surface area (Å²) in [6, 6.07) is 7.94. The highest BCUT2D eigenvalue weighted by atomic mass is 16.1. The molecular formula is C12H14N2O. The predicted molar refractivity (Wildman–Crippen MR) is 60.5 cm³/mol. The first-order chi connectivity index (χ1) is 7.22. The Labute approximate surface area is 88.4 Å². The summed E-state index contributed by atoms with van der Waals surface area (Å²) in [5.74, 6) is 0. The monoisotopic (exact) mass is 202 g/mol. The number of aryl methyl sites for hydroxylation is 2. The zero-order chi connectivity index (χ0) is 10.8. The van der Waals surface area contributed by atoms with E-state index in [1.807, 2.05) is 38.1 Å². The molecule has 0 bridgehead atoms. The van der Waals surface area contributed by atoms with Gasteiger partial charge in [-0.25, -0.2) is 4.79 Å². The number of imidazole rings is 1. The Balaban J connectivity index is 2.57. The molecule has 1 heterocycles. The van der Waals surface area contributed by atoms with Crippen LogP contribution in [-0.4, -0.2) is 9.55 Å². The molecule has 0 fully saturated rings. The van der Waals surface area contributed by atoms with Crippen LogP contribution in [0, 0.1) is 6.92 Å². The average molecular weight is 202 g/mol. The first-order valence-electron chi connectivity index (χ1n) is 5.08. The van der Waals surface area contributed by atoms with Crippen molar-refractivity contribution in [2.45, 2.75) is 20.3 Å². The topological polar surface area (TPSA) is 37.8 Å². The first kappa shape index (κ1) is 9.77. The molecule has 0 atom stereocenters. The van der Waals surface area contributed by atoms with E-state index >= 15 is 0 Å². The van der Waals surface area contributed by atoms with E-state index in [0.717, 1.165) is 17.8 Å². The molecular weight excluding hydrogens is 188 g/mol. The minimum Gasteiger partial charge on any atom is -0.312 e. The lowest BCUT2D eigenvalue weighted by Gasteiger charge is -2.05. The minimum absolute atomic E-state index is 0.0734. The summed E-state index contributed by atoms with van der Waals surface area (Å²) in [6.07, 6.45) is 2.61. The van der Waals surface area contributed by atoms with Gasteiger partial charge in [-0.3, -0.25) is 4.57 Å². The van der Waals surface area contributed by atoms with Crippen molar-refractivity contribution in [3.8, 4) is 5.69 Å². The number of aromatic amines is 1. The van der Waals surface area contributed by atoms with Crippen molar-refractivity contribution in [3.05, 3.63) is 52.2 Å². The summed E-state index contributed by atoms with van der Waals surface area (Å²) >= 11 is 0. The standard InChI is InChI=1S/C12H14N2O/c1-3-10-8-13-12(15)14(10)11-6-4-9(2)5-7-11/h4-8H,3H2,1-2H3,(H,13,15). The lowest BCUT2D eigenvalue weighted by atomic mass is 10.2. The van der Waals surface area contributed by atoms with Gasteiger partial charge in [-0.2, -0.15) is 0 Å². The summed E-state index contributed by atoms with van der Waals surface area (Å²) in [4.78, 5) is 14.3. The van der Waals surface area contributed by atoms with Gasteiger partial charge in [0.25, 0.3) is 0 Å². The molecule has 78 valence electrons. The average Bonchev–Trinajstić information content (AvgIpc) is 2.61. The fraction of sp³-hybridized carbons (Fsp3) is 0.250. The van der Waals surface area contributed by atoms with Crippen LogP contribution in [0.3, 0.4) is 0 Å². The Morgan fingerprint density at radius 1 is 1.27 bits per heavy atom. The van der Waals surface area contributed by atoms with Crippen molar-refractivity contribution in [2.75, 3.05) is 0 Å². The van der Waals surface area contributed by atoms with Crippen LogP contribution in [-0.2, 0) is 6.42 Å².